The number of carbonyl (C=O) groups excluding carboxylic acids is 1. The molecule has 0 spiro atoms. The number of hydrogen-bond donors (Lipinski definition) is 2. The van der Waals surface area contributed by atoms with E-state index < -0.39 is 0 Å². The number of carbonyl (C=O) groups is 1. The molecule has 3 N–H and O–H groups in total. The van der Waals surface area contributed by atoms with Gasteiger partial charge >= 0.3 is 6.03 Å². The van der Waals surface area contributed by atoms with Crippen molar-refractivity contribution >= 4 is 6.03 Å². The van der Waals surface area contributed by atoms with Gasteiger partial charge in [0, 0.05) is 18.6 Å². The average Bonchev–Trinajstić information content (AvgIpc) is 2.60. The van der Waals surface area contributed by atoms with Crippen molar-refractivity contribution in [3.63, 3.8) is 0 Å². The predicted molar refractivity (Wildman–Crippen MR) is 84.8 cm³/mol. The number of hydrogen-bond acceptors (Lipinski definition) is 2. The summed E-state index contributed by atoms with van der Waals surface area (Å²) in [7, 11) is 0. The highest BCUT2D eigenvalue weighted by Gasteiger charge is 2.39. The van der Waals surface area contributed by atoms with Gasteiger partial charge in [-0.1, -0.05) is 32.6 Å². The van der Waals surface area contributed by atoms with Crippen molar-refractivity contribution in [2.75, 3.05) is 13.1 Å². The van der Waals surface area contributed by atoms with Gasteiger partial charge in [0.05, 0.1) is 5.54 Å². The van der Waals surface area contributed by atoms with Crippen molar-refractivity contribution in [3.05, 3.63) is 0 Å². The molecule has 0 radical (unpaired) electrons. The average molecular weight is 283 g/mol. The minimum atomic E-state index is -0.205. The number of urea groups is 1. The molecular formula is C16H33N3O. The fourth-order valence-electron chi connectivity index (χ4n) is 3.14. The number of nitrogens with one attached hydrogen (secondary N) is 1. The molecule has 0 saturated heterocycles. The monoisotopic (exact) mass is 283 g/mol. The Hall–Kier alpha value is -0.770. The normalized spacial score (nSPS) is 19.2. The van der Waals surface area contributed by atoms with Gasteiger partial charge in [-0.15, -0.1) is 0 Å². The lowest BCUT2D eigenvalue weighted by Gasteiger charge is -2.44. The van der Waals surface area contributed by atoms with Crippen LogP contribution >= 0.6 is 0 Å². The van der Waals surface area contributed by atoms with Crippen molar-refractivity contribution in [1.82, 2.24) is 10.2 Å². The molecule has 0 aromatic rings. The molecule has 20 heavy (non-hydrogen) atoms. The molecule has 1 rings (SSSR count). The van der Waals surface area contributed by atoms with E-state index in [0.717, 1.165) is 25.8 Å². The van der Waals surface area contributed by atoms with Gasteiger partial charge in [0.2, 0.25) is 0 Å². The number of nitrogens with zero attached hydrogens (tertiary/aromatic N) is 1. The van der Waals surface area contributed by atoms with Crippen LogP contribution in [-0.4, -0.2) is 35.1 Å². The molecule has 1 fully saturated rings. The van der Waals surface area contributed by atoms with Crippen molar-refractivity contribution in [1.29, 1.82) is 0 Å². The van der Waals surface area contributed by atoms with Crippen LogP contribution in [0.2, 0.25) is 0 Å². The van der Waals surface area contributed by atoms with Crippen molar-refractivity contribution in [2.24, 2.45) is 5.73 Å². The smallest absolute Gasteiger partial charge is 0.318 e. The first kappa shape index (κ1) is 17.3. The summed E-state index contributed by atoms with van der Waals surface area (Å²) >= 11 is 0. The van der Waals surface area contributed by atoms with Gasteiger partial charge in [-0.25, -0.2) is 4.79 Å². The van der Waals surface area contributed by atoms with E-state index in [4.69, 9.17) is 5.73 Å². The van der Waals surface area contributed by atoms with E-state index in [-0.39, 0.29) is 17.1 Å². The third-order valence-corrected chi connectivity index (χ3v) is 4.16. The molecule has 0 aromatic heterocycles. The second kappa shape index (κ2) is 7.30. The summed E-state index contributed by atoms with van der Waals surface area (Å²) < 4.78 is 0. The maximum atomic E-state index is 12.7. The lowest BCUT2D eigenvalue weighted by atomic mass is 9.88. The molecule has 118 valence electrons. The third kappa shape index (κ3) is 4.65. The highest BCUT2D eigenvalue weighted by Crippen LogP contribution is 2.32. The Labute approximate surface area is 124 Å². The summed E-state index contributed by atoms with van der Waals surface area (Å²) in [5.41, 5.74) is 5.78. The fraction of sp³-hybridized carbons (Fsp3) is 0.938. The van der Waals surface area contributed by atoms with Crippen LogP contribution in [0, 0.1) is 0 Å². The Kier molecular flexibility index (Phi) is 6.31. The van der Waals surface area contributed by atoms with E-state index in [1.807, 2.05) is 25.7 Å². The van der Waals surface area contributed by atoms with E-state index in [0.29, 0.717) is 6.54 Å². The summed E-state index contributed by atoms with van der Waals surface area (Å²) in [5, 5.41) is 3.11. The molecule has 0 aromatic carbocycles. The minimum Gasteiger partial charge on any atom is -0.333 e. The number of nitrogens with two attached hydrogens (primary N) is 1. The van der Waals surface area contributed by atoms with Gasteiger partial charge in [-0.2, -0.15) is 0 Å². The van der Waals surface area contributed by atoms with E-state index in [2.05, 4.69) is 12.2 Å². The fourth-order valence-corrected chi connectivity index (χ4v) is 3.14. The predicted octanol–water partition coefficient (Wildman–Crippen LogP) is 3.26. The van der Waals surface area contributed by atoms with Crippen LogP contribution in [0.1, 0.15) is 72.6 Å². The first-order valence-electron chi connectivity index (χ1n) is 8.14. The van der Waals surface area contributed by atoms with Gasteiger partial charge in [0.25, 0.3) is 0 Å². The van der Waals surface area contributed by atoms with E-state index in [9.17, 15) is 4.79 Å². The molecule has 1 aliphatic carbocycles. The van der Waals surface area contributed by atoms with Crippen molar-refractivity contribution in [3.8, 4) is 0 Å². The molecule has 4 heteroatoms. The van der Waals surface area contributed by atoms with Gasteiger partial charge in [0.1, 0.15) is 0 Å². The standard InChI is InChI=1S/C16H33N3O/c1-5-12-19(14(20)18-15(2,3)4)16(13-17)10-8-6-7-9-11-16/h5-13,17H2,1-4H3,(H,18,20). The van der Waals surface area contributed by atoms with E-state index in [1.165, 1.54) is 25.7 Å². The molecule has 2 amide bonds. The lowest BCUT2D eigenvalue weighted by Crippen LogP contribution is -2.61. The van der Waals surface area contributed by atoms with Crippen LogP contribution in [0.5, 0.6) is 0 Å². The number of amides is 2. The Morgan fingerprint density at radius 2 is 1.75 bits per heavy atom. The highest BCUT2D eigenvalue weighted by atomic mass is 16.2. The maximum absolute atomic E-state index is 12.7. The first-order valence-corrected chi connectivity index (χ1v) is 8.14. The molecule has 1 aliphatic rings. The van der Waals surface area contributed by atoms with Gasteiger partial charge in [0.15, 0.2) is 0 Å². The molecule has 1 saturated carbocycles. The molecule has 0 aliphatic heterocycles. The molecule has 0 atom stereocenters. The quantitative estimate of drug-likeness (QED) is 0.778. The van der Waals surface area contributed by atoms with Crippen LogP contribution in [0.15, 0.2) is 0 Å². The maximum Gasteiger partial charge on any atom is 0.318 e. The van der Waals surface area contributed by atoms with Gasteiger partial charge in [-0.3, -0.25) is 0 Å². The SMILES string of the molecule is CCCN(C(=O)NC(C)(C)C)C1(CN)CCCCCC1. The van der Waals surface area contributed by atoms with E-state index in [1.54, 1.807) is 0 Å². The zero-order valence-electron chi connectivity index (χ0n) is 13.8. The topological polar surface area (TPSA) is 58.4 Å². The van der Waals surface area contributed by atoms with Crippen LogP contribution < -0.4 is 11.1 Å². The van der Waals surface area contributed by atoms with Crippen molar-refractivity contribution in [2.45, 2.75) is 83.7 Å². The Morgan fingerprint density at radius 3 is 2.15 bits per heavy atom. The first-order chi connectivity index (χ1) is 9.34. The summed E-state index contributed by atoms with van der Waals surface area (Å²) in [5.74, 6) is 0. The molecule has 0 unspecified atom stereocenters. The Bertz CT molecular complexity index is 301. The second-order valence-corrected chi connectivity index (χ2v) is 7.17. The molecular weight excluding hydrogens is 250 g/mol. The van der Waals surface area contributed by atoms with Crippen molar-refractivity contribution < 1.29 is 4.79 Å². The van der Waals surface area contributed by atoms with Crippen LogP contribution in [0.25, 0.3) is 0 Å². The lowest BCUT2D eigenvalue weighted by molar-refractivity contribution is 0.0977. The van der Waals surface area contributed by atoms with Crippen LogP contribution in [-0.2, 0) is 0 Å². The van der Waals surface area contributed by atoms with Gasteiger partial charge < -0.3 is 16.0 Å². The number of rotatable bonds is 4. The summed E-state index contributed by atoms with van der Waals surface area (Å²) in [6.45, 7) is 9.56. The summed E-state index contributed by atoms with van der Waals surface area (Å²) in [6, 6.07) is 0.0479. The largest absolute Gasteiger partial charge is 0.333 e. The Balaban J connectivity index is 2.92. The molecule has 0 heterocycles. The van der Waals surface area contributed by atoms with Crippen LogP contribution in [0.3, 0.4) is 0 Å². The Morgan fingerprint density at radius 1 is 1.20 bits per heavy atom. The molecule has 0 bridgehead atoms. The molecule has 4 nitrogen and oxygen atoms in total. The minimum absolute atomic E-state index is 0.0479. The highest BCUT2D eigenvalue weighted by molar-refractivity contribution is 5.76. The zero-order chi connectivity index (χ0) is 15.2. The van der Waals surface area contributed by atoms with E-state index >= 15 is 0 Å². The van der Waals surface area contributed by atoms with Gasteiger partial charge in [-0.05, 0) is 40.0 Å². The second-order valence-electron chi connectivity index (χ2n) is 7.17. The zero-order valence-corrected chi connectivity index (χ0v) is 13.8. The summed E-state index contributed by atoms with van der Waals surface area (Å²) in [6.07, 6.45) is 7.95. The van der Waals surface area contributed by atoms with Crippen LogP contribution in [0.4, 0.5) is 4.79 Å². The third-order valence-electron chi connectivity index (χ3n) is 4.16. The summed E-state index contributed by atoms with van der Waals surface area (Å²) in [4.78, 5) is 14.7.